The van der Waals surface area contributed by atoms with Gasteiger partial charge in [0, 0.05) is 17.8 Å². The van der Waals surface area contributed by atoms with E-state index in [9.17, 15) is 13.2 Å². The maximum Gasteiger partial charge on any atom is 0.391 e. The fourth-order valence-electron chi connectivity index (χ4n) is 1.66. The molecule has 3 N–H and O–H groups in total. The van der Waals surface area contributed by atoms with E-state index in [0.29, 0.717) is 17.1 Å². The first-order valence-electron chi connectivity index (χ1n) is 6.07. The van der Waals surface area contributed by atoms with Crippen LogP contribution in [0.1, 0.15) is 27.2 Å². The Kier molecular flexibility index (Phi) is 4.91. The van der Waals surface area contributed by atoms with Gasteiger partial charge in [-0.25, -0.2) is 0 Å². The average molecular weight is 276 g/mol. The number of anilines is 2. The van der Waals surface area contributed by atoms with E-state index in [1.165, 1.54) is 6.92 Å². The Morgan fingerprint density at radius 1 is 1.26 bits per heavy atom. The van der Waals surface area contributed by atoms with Gasteiger partial charge >= 0.3 is 6.18 Å². The number of nitrogens with two attached hydrogens (primary N) is 1. The number of nitrogen functional groups attached to an aromatic ring is 1. The molecule has 0 aliphatic rings. The molecule has 0 saturated heterocycles. The fourth-order valence-corrected chi connectivity index (χ4v) is 1.66. The molecule has 1 atom stereocenters. The standard InChI is InChI=1S/C13H19F3N2O/c1-8(2)19-12-6-10(4-5-11(12)17)18-9(3)7-13(14,15)16/h4-6,8-9,18H,7,17H2,1-3H3. The Hall–Kier alpha value is -1.59. The second-order valence-electron chi connectivity index (χ2n) is 4.78. The molecule has 0 bridgehead atoms. The molecule has 0 spiro atoms. The Bertz CT molecular complexity index is 419. The predicted octanol–water partition coefficient (Wildman–Crippen LogP) is 3.81. The Labute approximate surface area is 110 Å². The molecule has 1 unspecified atom stereocenters. The maximum absolute atomic E-state index is 12.2. The van der Waals surface area contributed by atoms with Crippen LogP contribution in [0.25, 0.3) is 0 Å². The van der Waals surface area contributed by atoms with Crippen LogP contribution in [0.5, 0.6) is 5.75 Å². The summed E-state index contributed by atoms with van der Waals surface area (Å²) in [6.45, 7) is 5.18. The summed E-state index contributed by atoms with van der Waals surface area (Å²) in [7, 11) is 0. The summed E-state index contributed by atoms with van der Waals surface area (Å²) < 4.78 is 42.2. The molecule has 1 rings (SSSR count). The molecule has 19 heavy (non-hydrogen) atoms. The van der Waals surface area contributed by atoms with Crippen LogP contribution >= 0.6 is 0 Å². The maximum atomic E-state index is 12.2. The molecular formula is C13H19F3N2O. The number of halogens is 3. The summed E-state index contributed by atoms with van der Waals surface area (Å²) in [5.41, 5.74) is 6.76. The van der Waals surface area contributed by atoms with Crippen LogP contribution in [0, 0.1) is 0 Å². The number of rotatable bonds is 5. The number of ether oxygens (including phenoxy) is 1. The Morgan fingerprint density at radius 3 is 2.42 bits per heavy atom. The lowest BCUT2D eigenvalue weighted by atomic mass is 10.2. The summed E-state index contributed by atoms with van der Waals surface area (Å²) in [5.74, 6) is 0.471. The zero-order chi connectivity index (χ0) is 14.6. The highest BCUT2D eigenvalue weighted by molar-refractivity contribution is 5.61. The van der Waals surface area contributed by atoms with E-state index in [2.05, 4.69) is 5.32 Å². The van der Waals surface area contributed by atoms with Gasteiger partial charge in [-0.1, -0.05) is 0 Å². The molecule has 1 aromatic carbocycles. The van der Waals surface area contributed by atoms with Gasteiger partial charge in [-0.3, -0.25) is 0 Å². The number of hydrogen-bond acceptors (Lipinski definition) is 3. The van der Waals surface area contributed by atoms with Crippen molar-refractivity contribution >= 4 is 11.4 Å². The minimum atomic E-state index is -4.18. The van der Waals surface area contributed by atoms with Crippen LogP contribution in [0.2, 0.25) is 0 Å². The quantitative estimate of drug-likeness (QED) is 0.804. The molecule has 0 aromatic heterocycles. The van der Waals surface area contributed by atoms with Crippen molar-refractivity contribution in [2.75, 3.05) is 11.1 Å². The first-order valence-corrected chi connectivity index (χ1v) is 6.07. The first-order chi connectivity index (χ1) is 8.67. The van der Waals surface area contributed by atoms with Crippen molar-refractivity contribution in [1.29, 1.82) is 0 Å². The molecule has 0 amide bonds. The number of nitrogens with one attached hydrogen (secondary N) is 1. The third kappa shape index (κ3) is 5.72. The molecule has 0 radical (unpaired) electrons. The third-order valence-electron chi connectivity index (χ3n) is 2.33. The lowest BCUT2D eigenvalue weighted by molar-refractivity contribution is -0.136. The highest BCUT2D eigenvalue weighted by Gasteiger charge is 2.29. The SMILES string of the molecule is CC(CC(F)(F)F)Nc1ccc(N)c(OC(C)C)c1. The van der Waals surface area contributed by atoms with Crippen molar-refractivity contribution in [1.82, 2.24) is 0 Å². The smallest absolute Gasteiger partial charge is 0.391 e. The highest BCUT2D eigenvalue weighted by atomic mass is 19.4. The highest BCUT2D eigenvalue weighted by Crippen LogP contribution is 2.28. The monoisotopic (exact) mass is 276 g/mol. The van der Waals surface area contributed by atoms with E-state index in [-0.39, 0.29) is 6.10 Å². The van der Waals surface area contributed by atoms with Crippen LogP contribution in [-0.2, 0) is 0 Å². The lowest BCUT2D eigenvalue weighted by Gasteiger charge is -2.19. The summed E-state index contributed by atoms with van der Waals surface area (Å²) in [5, 5.41) is 2.78. The van der Waals surface area contributed by atoms with E-state index in [0.717, 1.165) is 0 Å². The predicted molar refractivity (Wildman–Crippen MR) is 70.4 cm³/mol. The number of benzene rings is 1. The van der Waals surface area contributed by atoms with Crippen LogP contribution < -0.4 is 15.8 Å². The van der Waals surface area contributed by atoms with Crippen LogP contribution in [0.4, 0.5) is 24.5 Å². The van der Waals surface area contributed by atoms with E-state index in [1.807, 2.05) is 13.8 Å². The third-order valence-corrected chi connectivity index (χ3v) is 2.33. The van der Waals surface area contributed by atoms with Crippen molar-refractivity contribution in [3.05, 3.63) is 18.2 Å². The van der Waals surface area contributed by atoms with Gasteiger partial charge in [-0.15, -0.1) is 0 Å². The topological polar surface area (TPSA) is 47.3 Å². The summed E-state index contributed by atoms with van der Waals surface area (Å²) >= 11 is 0. The molecule has 3 nitrogen and oxygen atoms in total. The molecule has 108 valence electrons. The van der Waals surface area contributed by atoms with Crippen molar-refractivity contribution in [3.8, 4) is 5.75 Å². The lowest BCUT2D eigenvalue weighted by Crippen LogP contribution is -2.23. The number of hydrogen-bond donors (Lipinski definition) is 2. The molecule has 0 aliphatic carbocycles. The zero-order valence-corrected chi connectivity index (χ0v) is 11.2. The normalized spacial score (nSPS) is 13.4. The summed E-state index contributed by atoms with van der Waals surface area (Å²) in [4.78, 5) is 0. The van der Waals surface area contributed by atoms with Crippen molar-refractivity contribution in [3.63, 3.8) is 0 Å². The second kappa shape index (κ2) is 6.04. The molecule has 0 fully saturated rings. The molecule has 0 saturated carbocycles. The Morgan fingerprint density at radius 2 is 1.89 bits per heavy atom. The van der Waals surface area contributed by atoms with Gasteiger partial charge < -0.3 is 15.8 Å². The van der Waals surface area contributed by atoms with Crippen molar-refractivity contribution in [2.45, 2.75) is 45.5 Å². The summed E-state index contributed by atoms with van der Waals surface area (Å²) in [6, 6.07) is 4.15. The van der Waals surface area contributed by atoms with Gasteiger partial charge in [0.25, 0.3) is 0 Å². The molecule has 6 heteroatoms. The van der Waals surface area contributed by atoms with E-state index in [4.69, 9.17) is 10.5 Å². The fraction of sp³-hybridized carbons (Fsp3) is 0.538. The van der Waals surface area contributed by atoms with Gasteiger partial charge in [0.2, 0.25) is 0 Å². The average Bonchev–Trinajstić information content (AvgIpc) is 2.19. The van der Waals surface area contributed by atoms with Gasteiger partial charge in [0.05, 0.1) is 18.2 Å². The van der Waals surface area contributed by atoms with E-state index in [1.54, 1.807) is 18.2 Å². The molecule has 1 aromatic rings. The molecule has 0 heterocycles. The van der Waals surface area contributed by atoms with Gasteiger partial charge in [0.1, 0.15) is 5.75 Å². The van der Waals surface area contributed by atoms with Crippen molar-refractivity contribution < 1.29 is 17.9 Å². The van der Waals surface area contributed by atoms with Crippen LogP contribution in [0.3, 0.4) is 0 Å². The van der Waals surface area contributed by atoms with Gasteiger partial charge in [-0.05, 0) is 32.9 Å². The van der Waals surface area contributed by atoms with Crippen LogP contribution in [-0.4, -0.2) is 18.3 Å². The Balaban J connectivity index is 2.74. The minimum absolute atomic E-state index is 0.0508. The van der Waals surface area contributed by atoms with Crippen molar-refractivity contribution in [2.24, 2.45) is 0 Å². The molecular weight excluding hydrogens is 257 g/mol. The van der Waals surface area contributed by atoms with Crippen LogP contribution in [0.15, 0.2) is 18.2 Å². The number of alkyl halides is 3. The van der Waals surface area contributed by atoms with Gasteiger partial charge in [0.15, 0.2) is 0 Å². The largest absolute Gasteiger partial charge is 0.489 e. The first kappa shape index (κ1) is 15.5. The molecule has 0 aliphatic heterocycles. The van der Waals surface area contributed by atoms with Gasteiger partial charge in [-0.2, -0.15) is 13.2 Å². The zero-order valence-electron chi connectivity index (χ0n) is 11.2. The van der Waals surface area contributed by atoms with E-state index >= 15 is 0 Å². The second-order valence-corrected chi connectivity index (χ2v) is 4.78. The van der Waals surface area contributed by atoms with E-state index < -0.39 is 18.6 Å². The minimum Gasteiger partial charge on any atom is -0.489 e. The summed E-state index contributed by atoms with van der Waals surface area (Å²) in [6.07, 6.45) is -5.12.